The van der Waals surface area contributed by atoms with Gasteiger partial charge in [-0.2, -0.15) is 0 Å². The van der Waals surface area contributed by atoms with Gasteiger partial charge in [0.25, 0.3) is 0 Å². The van der Waals surface area contributed by atoms with Crippen LogP contribution in [-0.4, -0.2) is 45.5 Å². The summed E-state index contributed by atoms with van der Waals surface area (Å²) < 4.78 is 2.07. The van der Waals surface area contributed by atoms with E-state index < -0.39 is 12.0 Å². The smallest absolute Gasteiger partial charge is 0.320 e. The Bertz CT molecular complexity index is 805. The number of aliphatic carboxylic acids is 1. The molecule has 1 fully saturated rings. The standard InChI is InChI=1S/C20H24N2O3/c1-13-6-8-16(9-7-13)22-14(2)11-17(15(22)3)19(23)12-21-10-4-5-18(21)20(24)25/h6-9,11,18H,4-5,10,12H2,1-3H3,(H,24,25)/t18-/m0/s1. The Morgan fingerprint density at radius 2 is 1.84 bits per heavy atom. The largest absolute Gasteiger partial charge is 0.480 e. The van der Waals surface area contributed by atoms with Crippen LogP contribution in [0.1, 0.15) is 40.2 Å². The molecule has 1 aromatic heterocycles. The fourth-order valence-corrected chi connectivity index (χ4v) is 3.70. The van der Waals surface area contributed by atoms with Gasteiger partial charge < -0.3 is 9.67 Å². The zero-order valence-corrected chi connectivity index (χ0v) is 15.0. The second-order valence-electron chi connectivity index (χ2n) is 6.85. The molecule has 2 heterocycles. The van der Waals surface area contributed by atoms with E-state index >= 15 is 0 Å². The summed E-state index contributed by atoms with van der Waals surface area (Å²) in [4.78, 5) is 25.9. The van der Waals surface area contributed by atoms with Crippen LogP contribution in [0, 0.1) is 20.8 Å². The molecule has 0 unspecified atom stereocenters. The van der Waals surface area contributed by atoms with E-state index in [-0.39, 0.29) is 12.3 Å². The Morgan fingerprint density at radius 3 is 2.48 bits per heavy atom. The lowest BCUT2D eigenvalue weighted by Gasteiger charge is -2.20. The summed E-state index contributed by atoms with van der Waals surface area (Å²) in [6, 6.07) is 9.57. The van der Waals surface area contributed by atoms with E-state index in [0.29, 0.717) is 18.5 Å². The number of carboxylic acid groups (broad SMARTS) is 1. The normalized spacial score (nSPS) is 17.8. The first-order chi connectivity index (χ1) is 11.9. The highest BCUT2D eigenvalue weighted by atomic mass is 16.4. The van der Waals surface area contributed by atoms with Crippen molar-refractivity contribution >= 4 is 11.8 Å². The lowest BCUT2D eigenvalue weighted by molar-refractivity contribution is -0.141. The van der Waals surface area contributed by atoms with Gasteiger partial charge in [-0.1, -0.05) is 17.7 Å². The maximum Gasteiger partial charge on any atom is 0.320 e. The molecule has 0 spiro atoms. The summed E-state index contributed by atoms with van der Waals surface area (Å²) in [6.07, 6.45) is 1.44. The third kappa shape index (κ3) is 3.37. The van der Waals surface area contributed by atoms with Crippen molar-refractivity contribution in [3.05, 3.63) is 52.8 Å². The first-order valence-corrected chi connectivity index (χ1v) is 8.64. The van der Waals surface area contributed by atoms with E-state index in [2.05, 4.69) is 16.7 Å². The number of carbonyl (C=O) groups excluding carboxylic acids is 1. The lowest BCUT2D eigenvalue weighted by Crippen LogP contribution is -2.39. The van der Waals surface area contributed by atoms with Crippen molar-refractivity contribution in [3.8, 4) is 5.69 Å². The van der Waals surface area contributed by atoms with Crippen LogP contribution in [-0.2, 0) is 4.79 Å². The SMILES string of the molecule is Cc1ccc(-n2c(C)cc(C(=O)CN3CCC[C@H]3C(=O)O)c2C)cc1. The summed E-state index contributed by atoms with van der Waals surface area (Å²) in [5, 5.41) is 9.28. The minimum absolute atomic E-state index is 0.0142. The Kier molecular flexibility index (Phi) is 4.77. The van der Waals surface area contributed by atoms with Gasteiger partial charge in [0.05, 0.1) is 6.54 Å². The number of carboxylic acids is 1. The van der Waals surface area contributed by atoms with Gasteiger partial charge in [-0.25, -0.2) is 0 Å². The molecule has 2 aromatic rings. The molecular formula is C20H24N2O3. The summed E-state index contributed by atoms with van der Waals surface area (Å²) in [5.74, 6) is -0.852. The van der Waals surface area contributed by atoms with E-state index in [0.717, 1.165) is 23.5 Å². The van der Waals surface area contributed by atoms with Crippen molar-refractivity contribution in [2.75, 3.05) is 13.1 Å². The van der Waals surface area contributed by atoms with Crippen LogP contribution < -0.4 is 0 Å². The van der Waals surface area contributed by atoms with Crippen LogP contribution in [0.25, 0.3) is 5.69 Å². The molecule has 132 valence electrons. The summed E-state index contributed by atoms with van der Waals surface area (Å²) >= 11 is 0. The summed E-state index contributed by atoms with van der Waals surface area (Å²) in [6.45, 7) is 6.80. The zero-order chi connectivity index (χ0) is 18.1. The number of aromatic nitrogens is 1. The van der Waals surface area contributed by atoms with Gasteiger partial charge in [0, 0.05) is 22.6 Å². The minimum Gasteiger partial charge on any atom is -0.480 e. The third-order valence-corrected chi connectivity index (χ3v) is 5.02. The van der Waals surface area contributed by atoms with E-state index in [9.17, 15) is 14.7 Å². The van der Waals surface area contributed by atoms with Crippen LogP contribution in [0.4, 0.5) is 0 Å². The van der Waals surface area contributed by atoms with Crippen LogP contribution in [0.3, 0.4) is 0 Å². The highest BCUT2D eigenvalue weighted by Crippen LogP contribution is 2.23. The Hall–Kier alpha value is -2.40. The number of Topliss-reactive ketones (excluding diaryl/α,β-unsaturated/α-hetero) is 1. The van der Waals surface area contributed by atoms with Gasteiger partial charge in [0.1, 0.15) is 6.04 Å². The number of ketones is 1. The topological polar surface area (TPSA) is 62.5 Å². The van der Waals surface area contributed by atoms with E-state index in [4.69, 9.17) is 0 Å². The van der Waals surface area contributed by atoms with Gasteiger partial charge in [-0.15, -0.1) is 0 Å². The molecule has 0 radical (unpaired) electrons. The third-order valence-electron chi connectivity index (χ3n) is 5.02. The second-order valence-corrected chi connectivity index (χ2v) is 6.85. The molecule has 0 amide bonds. The Morgan fingerprint density at radius 1 is 1.16 bits per heavy atom. The van der Waals surface area contributed by atoms with Crippen molar-refractivity contribution in [1.29, 1.82) is 0 Å². The average Bonchev–Trinajstić information content (AvgIpc) is 3.13. The van der Waals surface area contributed by atoms with Crippen LogP contribution in [0.5, 0.6) is 0 Å². The van der Waals surface area contributed by atoms with Gasteiger partial charge in [-0.3, -0.25) is 14.5 Å². The fraction of sp³-hybridized carbons (Fsp3) is 0.400. The van der Waals surface area contributed by atoms with Crippen LogP contribution in [0.2, 0.25) is 0 Å². The molecule has 5 heteroatoms. The molecule has 3 rings (SSSR count). The van der Waals surface area contributed by atoms with E-state index in [1.165, 1.54) is 5.56 Å². The Balaban J connectivity index is 1.86. The first-order valence-electron chi connectivity index (χ1n) is 8.64. The molecule has 1 saturated heterocycles. The van der Waals surface area contributed by atoms with Crippen molar-refractivity contribution in [2.24, 2.45) is 0 Å². The lowest BCUT2D eigenvalue weighted by atomic mass is 10.1. The molecule has 1 aliphatic rings. The first kappa shape index (κ1) is 17.4. The van der Waals surface area contributed by atoms with Gasteiger partial charge in [0.2, 0.25) is 0 Å². The highest BCUT2D eigenvalue weighted by Gasteiger charge is 2.32. The molecular weight excluding hydrogens is 316 g/mol. The molecule has 1 aliphatic heterocycles. The van der Waals surface area contributed by atoms with Crippen molar-refractivity contribution in [1.82, 2.24) is 9.47 Å². The minimum atomic E-state index is -0.838. The second kappa shape index (κ2) is 6.84. The molecule has 0 aliphatic carbocycles. The molecule has 0 bridgehead atoms. The van der Waals surface area contributed by atoms with Crippen LogP contribution in [0.15, 0.2) is 30.3 Å². The van der Waals surface area contributed by atoms with Crippen molar-refractivity contribution in [2.45, 2.75) is 39.7 Å². The number of nitrogens with zero attached hydrogens (tertiary/aromatic N) is 2. The predicted molar refractivity (Wildman–Crippen MR) is 96.5 cm³/mol. The average molecular weight is 340 g/mol. The molecule has 1 atom stereocenters. The molecule has 5 nitrogen and oxygen atoms in total. The number of benzene rings is 1. The molecule has 1 N–H and O–H groups in total. The monoisotopic (exact) mass is 340 g/mol. The number of rotatable bonds is 5. The van der Waals surface area contributed by atoms with Gasteiger partial charge >= 0.3 is 5.97 Å². The van der Waals surface area contributed by atoms with E-state index in [1.54, 1.807) is 4.90 Å². The highest BCUT2D eigenvalue weighted by molar-refractivity contribution is 5.99. The zero-order valence-electron chi connectivity index (χ0n) is 15.0. The quantitative estimate of drug-likeness (QED) is 0.850. The number of hydrogen-bond donors (Lipinski definition) is 1. The summed E-state index contributed by atoms with van der Waals surface area (Å²) in [5.41, 5.74) is 4.80. The Labute approximate surface area is 147 Å². The fourth-order valence-electron chi connectivity index (χ4n) is 3.70. The van der Waals surface area contributed by atoms with Gasteiger partial charge in [-0.05, 0) is 58.4 Å². The van der Waals surface area contributed by atoms with Crippen molar-refractivity contribution < 1.29 is 14.7 Å². The van der Waals surface area contributed by atoms with Gasteiger partial charge in [0.15, 0.2) is 5.78 Å². The van der Waals surface area contributed by atoms with Crippen LogP contribution >= 0.6 is 0 Å². The molecule has 0 saturated carbocycles. The number of aryl methyl sites for hydroxylation is 2. The molecule has 1 aromatic carbocycles. The number of likely N-dealkylation sites (tertiary alicyclic amines) is 1. The number of hydrogen-bond acceptors (Lipinski definition) is 3. The maximum absolute atomic E-state index is 12.8. The predicted octanol–water partition coefficient (Wildman–Crippen LogP) is 3.13. The maximum atomic E-state index is 12.8. The van der Waals surface area contributed by atoms with E-state index in [1.807, 2.05) is 39.0 Å². The number of carbonyl (C=O) groups is 2. The van der Waals surface area contributed by atoms with Crippen molar-refractivity contribution in [3.63, 3.8) is 0 Å². The molecule has 25 heavy (non-hydrogen) atoms. The summed E-state index contributed by atoms with van der Waals surface area (Å²) in [7, 11) is 0.